The van der Waals surface area contributed by atoms with Crippen molar-refractivity contribution in [3.63, 3.8) is 0 Å². The first-order valence-corrected chi connectivity index (χ1v) is 23.3. The molecular weight excluding hydrogens is 659 g/mol. The second kappa shape index (κ2) is 15.0. The van der Waals surface area contributed by atoms with Crippen LogP contribution in [0, 0.1) is 16.7 Å². The number of unbranched alkanes of at least 4 members (excludes halogenated alkanes) is 3. The Labute approximate surface area is 296 Å². The number of sulfonamides is 1. The number of nitrogens with zero attached hydrogens (tertiary/aromatic N) is 1. The van der Waals surface area contributed by atoms with Gasteiger partial charge in [-0.25, -0.2) is 12.7 Å². The molecule has 2 N–H and O–H groups in total. The highest BCUT2D eigenvalue weighted by molar-refractivity contribution is 7.90. The Balaban J connectivity index is 1.04. The van der Waals surface area contributed by atoms with Gasteiger partial charge in [0.05, 0.1) is 49.4 Å². The average molecular weight is 722 g/mol. The highest BCUT2D eigenvalue weighted by atomic mass is 32.2. The molecule has 2 aliphatic carbocycles. The van der Waals surface area contributed by atoms with E-state index in [2.05, 4.69) is 59.8 Å². The number of carbonyl (C=O) groups is 1. The fourth-order valence-corrected chi connectivity index (χ4v) is 12.9. The third kappa shape index (κ3) is 8.03. The number of hydrogen-bond donors (Lipinski definition) is 2. The minimum Gasteiger partial charge on any atom is -0.412 e. The first-order valence-electron chi connectivity index (χ1n) is 18.8. The molecule has 2 aliphatic heterocycles. The molecule has 2 heterocycles. The summed E-state index contributed by atoms with van der Waals surface area (Å²) in [5.41, 5.74) is 0.569. The van der Waals surface area contributed by atoms with Gasteiger partial charge in [-0.15, -0.1) is 0 Å². The number of rotatable bonds is 16. The molecular formula is C38H63NO8SSi. The Morgan fingerprint density at radius 1 is 1.02 bits per heavy atom. The number of carbonyl (C=O) groups excluding carboxylic acids is 1. The molecule has 2 saturated carbocycles. The van der Waals surface area contributed by atoms with Crippen LogP contribution >= 0.6 is 0 Å². The number of hydrogen-bond acceptors (Lipinski definition) is 8. The summed E-state index contributed by atoms with van der Waals surface area (Å²) in [6, 6.07) is 9.82. The maximum absolute atomic E-state index is 13.6. The van der Waals surface area contributed by atoms with Gasteiger partial charge in [0.15, 0.2) is 14.4 Å². The van der Waals surface area contributed by atoms with Gasteiger partial charge in [0, 0.05) is 5.41 Å². The lowest BCUT2D eigenvalue weighted by Gasteiger charge is -2.39. The van der Waals surface area contributed by atoms with Crippen LogP contribution in [-0.4, -0.2) is 86.1 Å². The third-order valence-corrected chi connectivity index (χ3v) is 19.7. The van der Waals surface area contributed by atoms with Crippen LogP contribution in [-0.2, 0) is 35.3 Å². The molecule has 49 heavy (non-hydrogen) atoms. The van der Waals surface area contributed by atoms with Crippen LogP contribution in [0.25, 0.3) is 0 Å². The summed E-state index contributed by atoms with van der Waals surface area (Å²) >= 11 is 0. The number of benzene rings is 1. The Kier molecular flexibility index (Phi) is 11.9. The standard InChI is InChI=1S/C38H63NO8SSi/c1-36(2,3)49(6,7)47-29(25-45-24-27-15-11-10-12-16-27)17-13-8-9-14-18-30(40)31-19-20-32(46-31)34(41)35(42)39-33-23-28-21-22-38(33,37(28,4)5)26-48(39,43)44/h10-12,15-16,28-34,40-41H,8-9,13-14,17-26H2,1-7H3/t28-,29-,30+,31-,32+,33-,34-,38-/m1/s1. The second-order valence-corrected chi connectivity index (χ2v) is 24.2. The molecule has 1 spiro atoms. The largest absolute Gasteiger partial charge is 0.412 e. The summed E-state index contributed by atoms with van der Waals surface area (Å²) in [7, 11) is -5.77. The van der Waals surface area contributed by atoms with Crippen LogP contribution < -0.4 is 0 Å². The molecule has 278 valence electrons. The summed E-state index contributed by atoms with van der Waals surface area (Å²) in [5.74, 6) is -0.392. The lowest BCUT2D eigenvalue weighted by molar-refractivity contribution is -0.148. The smallest absolute Gasteiger partial charge is 0.267 e. The summed E-state index contributed by atoms with van der Waals surface area (Å²) in [4.78, 5) is 13.6. The van der Waals surface area contributed by atoms with E-state index in [1.54, 1.807) is 0 Å². The number of amides is 1. The van der Waals surface area contributed by atoms with Crippen molar-refractivity contribution in [1.29, 1.82) is 0 Å². The van der Waals surface area contributed by atoms with E-state index < -0.39 is 54.1 Å². The van der Waals surface area contributed by atoms with Gasteiger partial charge in [-0.3, -0.25) is 4.79 Å². The van der Waals surface area contributed by atoms with Gasteiger partial charge in [-0.1, -0.05) is 90.6 Å². The SMILES string of the molecule is CC1(C)[C@@H]2CC[C@]13CS(=O)(=O)N(C(=O)[C@H](O)[C@@H]1CC[C@H]([C@@H](O)CCCCCC[C@H](COCc4ccccc4)O[Si](C)(C)C(C)(C)C)O1)[C@@H]3C2. The number of aliphatic hydroxyl groups excluding tert-OH is 2. The molecule has 9 nitrogen and oxygen atoms in total. The highest BCUT2D eigenvalue weighted by Crippen LogP contribution is 2.70. The topological polar surface area (TPSA) is 123 Å². The van der Waals surface area contributed by atoms with Crippen LogP contribution in [0.3, 0.4) is 0 Å². The van der Waals surface area contributed by atoms with Crippen molar-refractivity contribution in [2.45, 2.75) is 167 Å². The van der Waals surface area contributed by atoms with Crippen molar-refractivity contribution in [2.24, 2.45) is 16.7 Å². The monoisotopic (exact) mass is 721 g/mol. The van der Waals surface area contributed by atoms with Gasteiger partial charge in [-0.05, 0) is 80.0 Å². The van der Waals surface area contributed by atoms with E-state index in [1.807, 2.05) is 18.2 Å². The molecule has 2 bridgehead atoms. The van der Waals surface area contributed by atoms with Gasteiger partial charge < -0.3 is 24.1 Å². The van der Waals surface area contributed by atoms with Gasteiger partial charge in [0.25, 0.3) is 5.91 Å². The fourth-order valence-electron chi connectivity index (χ4n) is 8.99. The number of fused-ring (bicyclic) bond motifs is 1. The van der Waals surface area contributed by atoms with E-state index >= 15 is 0 Å². The molecule has 1 aromatic rings. The first kappa shape index (κ1) is 38.9. The maximum atomic E-state index is 13.6. The highest BCUT2D eigenvalue weighted by Gasteiger charge is 2.72. The average Bonchev–Trinajstić information content (AvgIpc) is 3.72. The van der Waals surface area contributed by atoms with Gasteiger partial charge >= 0.3 is 0 Å². The van der Waals surface area contributed by atoms with E-state index in [0.29, 0.717) is 44.8 Å². The zero-order valence-corrected chi connectivity index (χ0v) is 32.8. The molecule has 1 amide bonds. The lowest BCUT2D eigenvalue weighted by atomic mass is 9.69. The summed E-state index contributed by atoms with van der Waals surface area (Å²) in [6.45, 7) is 16.8. The number of aliphatic hydroxyl groups is 2. The predicted octanol–water partition coefficient (Wildman–Crippen LogP) is 6.57. The van der Waals surface area contributed by atoms with Crippen LogP contribution in [0.2, 0.25) is 18.1 Å². The van der Waals surface area contributed by atoms with E-state index in [9.17, 15) is 23.4 Å². The molecule has 4 fully saturated rings. The minimum absolute atomic E-state index is 0.0220. The van der Waals surface area contributed by atoms with Gasteiger partial charge in [0.1, 0.15) is 0 Å². The molecule has 1 aromatic carbocycles. The first-order chi connectivity index (χ1) is 22.9. The Bertz CT molecular complexity index is 1380. The maximum Gasteiger partial charge on any atom is 0.267 e. The van der Waals surface area contributed by atoms with Crippen molar-refractivity contribution in [2.75, 3.05) is 12.4 Å². The quantitative estimate of drug-likeness (QED) is 0.145. The minimum atomic E-state index is -3.82. The Hall–Kier alpha value is -1.34. The van der Waals surface area contributed by atoms with Gasteiger partial charge in [-0.2, -0.15) is 0 Å². The van der Waals surface area contributed by atoms with E-state index in [4.69, 9.17) is 13.9 Å². The summed E-state index contributed by atoms with van der Waals surface area (Å²) < 4.78 is 46.5. The van der Waals surface area contributed by atoms with Crippen molar-refractivity contribution in [3.05, 3.63) is 35.9 Å². The van der Waals surface area contributed by atoms with Crippen molar-refractivity contribution < 1.29 is 37.3 Å². The van der Waals surface area contributed by atoms with E-state index in [1.165, 1.54) is 0 Å². The zero-order valence-electron chi connectivity index (χ0n) is 31.0. The molecule has 5 rings (SSSR count). The van der Waals surface area contributed by atoms with E-state index in [0.717, 1.165) is 54.8 Å². The Morgan fingerprint density at radius 3 is 2.33 bits per heavy atom. The second-order valence-electron chi connectivity index (χ2n) is 17.6. The lowest BCUT2D eigenvalue weighted by Crippen LogP contribution is -2.50. The zero-order chi connectivity index (χ0) is 35.8. The van der Waals surface area contributed by atoms with Gasteiger partial charge in [0.2, 0.25) is 10.0 Å². The molecule has 0 radical (unpaired) electrons. The molecule has 0 aromatic heterocycles. The van der Waals surface area contributed by atoms with Crippen LogP contribution in [0.15, 0.2) is 30.3 Å². The normalized spacial score (nSPS) is 30.8. The van der Waals surface area contributed by atoms with Crippen LogP contribution in [0.5, 0.6) is 0 Å². The van der Waals surface area contributed by atoms with Crippen LogP contribution in [0.4, 0.5) is 0 Å². The molecule has 11 heteroatoms. The van der Waals surface area contributed by atoms with Crippen LogP contribution in [0.1, 0.15) is 111 Å². The molecule has 2 saturated heterocycles. The molecule has 4 aliphatic rings. The van der Waals surface area contributed by atoms with Crippen molar-refractivity contribution in [1.82, 2.24) is 4.31 Å². The van der Waals surface area contributed by atoms with Crippen molar-refractivity contribution in [3.8, 4) is 0 Å². The summed E-state index contributed by atoms with van der Waals surface area (Å²) in [6.07, 6.45) is 5.27. The Morgan fingerprint density at radius 2 is 1.67 bits per heavy atom. The van der Waals surface area contributed by atoms with Crippen molar-refractivity contribution >= 4 is 24.2 Å². The van der Waals surface area contributed by atoms with E-state index in [-0.39, 0.29) is 28.4 Å². The molecule has 8 atom stereocenters. The summed E-state index contributed by atoms with van der Waals surface area (Å²) in [5, 5.41) is 22.2. The molecule has 0 unspecified atom stereocenters. The predicted molar refractivity (Wildman–Crippen MR) is 194 cm³/mol. The third-order valence-electron chi connectivity index (χ3n) is 13.2. The fraction of sp³-hybridized carbons (Fsp3) is 0.816. The number of ether oxygens (including phenoxy) is 2.